The summed E-state index contributed by atoms with van der Waals surface area (Å²) in [4.78, 5) is -0.0711. The normalized spacial score (nSPS) is 11.8. The van der Waals surface area contributed by atoms with Crippen molar-refractivity contribution >= 4 is 43.8 Å². The average Bonchev–Trinajstić information content (AvgIpc) is 2.50. The topological polar surface area (TPSA) is 82.3 Å². The van der Waals surface area contributed by atoms with Crippen molar-refractivity contribution in [1.29, 1.82) is 5.26 Å². The summed E-state index contributed by atoms with van der Waals surface area (Å²) < 4.78 is 24.6. The molecule has 0 amide bonds. The molecule has 0 heterocycles. The summed E-state index contributed by atoms with van der Waals surface area (Å²) in [7, 11) is -4.03. The number of sulfone groups is 1. The highest BCUT2D eigenvalue weighted by molar-refractivity contribution is 8.07. The van der Waals surface area contributed by atoms with E-state index in [0.717, 1.165) is 0 Å². The number of nitrogens with zero attached hydrogens (tertiary/aromatic N) is 2. The SMILES string of the molecule is N#C/C(=N\Nc1ccccc1Cl)S(=O)(=O)c1ccc(Cl)cc1. The Hall–Kier alpha value is -2.07. The summed E-state index contributed by atoms with van der Waals surface area (Å²) in [5, 5.41) is 12.8. The quantitative estimate of drug-likeness (QED) is 0.517. The molecule has 112 valence electrons. The van der Waals surface area contributed by atoms with E-state index in [1.54, 1.807) is 30.3 Å². The second kappa shape index (κ2) is 6.79. The van der Waals surface area contributed by atoms with E-state index in [9.17, 15) is 8.42 Å². The van der Waals surface area contributed by atoms with Crippen LogP contribution in [-0.2, 0) is 9.84 Å². The Bertz CT molecular complexity index is 856. The monoisotopic (exact) mass is 353 g/mol. The van der Waals surface area contributed by atoms with Crippen molar-refractivity contribution in [3.05, 3.63) is 58.6 Å². The van der Waals surface area contributed by atoms with Crippen LogP contribution in [0.4, 0.5) is 5.69 Å². The number of halogens is 2. The summed E-state index contributed by atoms with van der Waals surface area (Å²) in [6.45, 7) is 0. The largest absolute Gasteiger partial charge is 0.275 e. The minimum Gasteiger partial charge on any atom is -0.275 e. The van der Waals surface area contributed by atoms with Crippen molar-refractivity contribution < 1.29 is 8.42 Å². The summed E-state index contributed by atoms with van der Waals surface area (Å²) in [5.41, 5.74) is 2.87. The van der Waals surface area contributed by atoms with Crippen LogP contribution in [0.2, 0.25) is 10.0 Å². The van der Waals surface area contributed by atoms with Crippen molar-refractivity contribution in [3.63, 3.8) is 0 Å². The van der Waals surface area contributed by atoms with E-state index in [1.807, 2.05) is 0 Å². The minimum absolute atomic E-state index is 0.0711. The first kappa shape index (κ1) is 16.3. The molecule has 2 rings (SSSR count). The molecule has 0 saturated heterocycles. The van der Waals surface area contributed by atoms with E-state index in [4.69, 9.17) is 28.5 Å². The fourth-order valence-electron chi connectivity index (χ4n) is 1.53. The Kier molecular flexibility index (Phi) is 5.03. The Labute approximate surface area is 137 Å². The molecule has 0 bridgehead atoms. The molecule has 0 saturated carbocycles. The van der Waals surface area contributed by atoms with Crippen LogP contribution in [0, 0.1) is 11.3 Å². The first-order chi connectivity index (χ1) is 10.4. The van der Waals surface area contributed by atoms with Crippen molar-refractivity contribution in [2.24, 2.45) is 5.10 Å². The number of hydrazone groups is 1. The van der Waals surface area contributed by atoms with Crippen molar-refractivity contribution in [2.75, 3.05) is 5.43 Å². The van der Waals surface area contributed by atoms with Gasteiger partial charge in [-0.2, -0.15) is 10.4 Å². The second-order valence-corrected chi connectivity index (χ2v) is 6.79. The minimum atomic E-state index is -4.03. The van der Waals surface area contributed by atoms with Crippen molar-refractivity contribution in [3.8, 4) is 6.07 Å². The fraction of sp³-hybridized carbons (Fsp3) is 0. The second-order valence-electron chi connectivity index (χ2n) is 4.08. The average molecular weight is 354 g/mol. The predicted octanol–water partition coefficient (Wildman–Crippen LogP) is 3.72. The molecule has 0 aromatic heterocycles. The highest BCUT2D eigenvalue weighted by Gasteiger charge is 2.22. The highest BCUT2D eigenvalue weighted by Crippen LogP contribution is 2.21. The molecule has 8 heteroatoms. The zero-order valence-electron chi connectivity index (χ0n) is 11.0. The van der Waals surface area contributed by atoms with Crippen LogP contribution in [0.15, 0.2) is 58.5 Å². The van der Waals surface area contributed by atoms with Crippen LogP contribution >= 0.6 is 23.2 Å². The van der Waals surface area contributed by atoms with Gasteiger partial charge in [0.2, 0.25) is 9.84 Å². The van der Waals surface area contributed by atoms with Gasteiger partial charge in [-0.05, 0) is 36.4 Å². The standard InChI is InChI=1S/C14H9Cl2N3O2S/c15-10-5-7-11(8-6-10)22(20,21)14(9-17)19-18-13-4-2-1-3-12(13)16/h1-8,18H/b19-14+. The van der Waals surface area contributed by atoms with Crippen LogP contribution < -0.4 is 5.43 Å². The maximum Gasteiger partial charge on any atom is 0.256 e. The van der Waals surface area contributed by atoms with Gasteiger partial charge in [0.05, 0.1) is 15.6 Å². The summed E-state index contributed by atoms with van der Waals surface area (Å²) >= 11 is 11.6. The molecule has 0 radical (unpaired) electrons. The molecule has 5 nitrogen and oxygen atoms in total. The van der Waals surface area contributed by atoms with E-state index >= 15 is 0 Å². The maximum absolute atomic E-state index is 12.3. The lowest BCUT2D eigenvalue weighted by molar-refractivity contribution is 0.607. The summed E-state index contributed by atoms with van der Waals surface area (Å²) in [6, 6.07) is 13.7. The van der Waals surface area contributed by atoms with Crippen LogP contribution in [0.3, 0.4) is 0 Å². The number of nitriles is 1. The van der Waals surface area contributed by atoms with Gasteiger partial charge >= 0.3 is 0 Å². The van der Waals surface area contributed by atoms with Crippen LogP contribution in [0.5, 0.6) is 0 Å². The first-order valence-electron chi connectivity index (χ1n) is 5.94. The number of nitrogens with one attached hydrogen (secondary N) is 1. The van der Waals surface area contributed by atoms with Gasteiger partial charge in [0.25, 0.3) is 5.04 Å². The molecule has 1 N–H and O–H groups in total. The third-order valence-electron chi connectivity index (χ3n) is 2.63. The smallest absolute Gasteiger partial charge is 0.256 e. The zero-order valence-corrected chi connectivity index (χ0v) is 13.3. The van der Waals surface area contributed by atoms with Gasteiger partial charge in [0.15, 0.2) is 0 Å². The molecule has 0 aliphatic rings. The van der Waals surface area contributed by atoms with Gasteiger partial charge in [0.1, 0.15) is 6.07 Å². The van der Waals surface area contributed by atoms with E-state index in [-0.39, 0.29) is 4.90 Å². The Morgan fingerprint density at radius 2 is 1.73 bits per heavy atom. The molecular formula is C14H9Cl2N3O2S. The Morgan fingerprint density at radius 1 is 1.09 bits per heavy atom. The molecule has 0 aliphatic carbocycles. The van der Waals surface area contributed by atoms with Crippen LogP contribution in [0.1, 0.15) is 0 Å². The molecule has 0 spiro atoms. The Morgan fingerprint density at radius 3 is 2.32 bits per heavy atom. The Balaban J connectivity index is 2.35. The van der Waals surface area contributed by atoms with E-state index < -0.39 is 14.9 Å². The third kappa shape index (κ3) is 3.57. The lowest BCUT2D eigenvalue weighted by Crippen LogP contribution is -2.15. The maximum atomic E-state index is 12.3. The molecule has 0 unspecified atom stereocenters. The summed E-state index contributed by atoms with van der Waals surface area (Å²) in [6.07, 6.45) is 0. The zero-order chi connectivity index (χ0) is 16.2. The number of para-hydroxylation sites is 1. The number of rotatable bonds is 3. The molecule has 22 heavy (non-hydrogen) atoms. The first-order valence-corrected chi connectivity index (χ1v) is 8.18. The van der Waals surface area contributed by atoms with E-state index in [2.05, 4.69) is 10.5 Å². The van der Waals surface area contributed by atoms with E-state index in [0.29, 0.717) is 15.7 Å². The molecule has 0 atom stereocenters. The molecule has 2 aromatic rings. The van der Waals surface area contributed by atoms with Gasteiger partial charge in [-0.15, -0.1) is 0 Å². The number of hydrogen-bond donors (Lipinski definition) is 1. The van der Waals surface area contributed by atoms with Gasteiger partial charge in [-0.3, -0.25) is 5.43 Å². The van der Waals surface area contributed by atoms with Gasteiger partial charge in [-0.25, -0.2) is 8.42 Å². The third-order valence-corrected chi connectivity index (χ3v) is 4.79. The van der Waals surface area contributed by atoms with Crippen LogP contribution in [0.25, 0.3) is 0 Å². The predicted molar refractivity (Wildman–Crippen MR) is 86.8 cm³/mol. The van der Waals surface area contributed by atoms with Crippen LogP contribution in [-0.4, -0.2) is 13.5 Å². The lowest BCUT2D eigenvalue weighted by atomic mass is 10.3. The van der Waals surface area contributed by atoms with E-state index in [1.165, 1.54) is 24.3 Å². The van der Waals surface area contributed by atoms with Gasteiger partial charge in [0, 0.05) is 5.02 Å². The van der Waals surface area contributed by atoms with Crippen molar-refractivity contribution in [2.45, 2.75) is 4.90 Å². The number of benzene rings is 2. The number of anilines is 1. The van der Waals surface area contributed by atoms with Gasteiger partial charge in [-0.1, -0.05) is 35.3 Å². The highest BCUT2D eigenvalue weighted by atomic mass is 35.5. The molecule has 0 fully saturated rings. The summed E-state index contributed by atoms with van der Waals surface area (Å²) in [5.74, 6) is 0. The van der Waals surface area contributed by atoms with Crippen molar-refractivity contribution in [1.82, 2.24) is 0 Å². The fourth-order valence-corrected chi connectivity index (χ4v) is 2.84. The lowest BCUT2D eigenvalue weighted by Gasteiger charge is -2.05. The molecule has 0 aliphatic heterocycles. The molecule has 2 aromatic carbocycles. The van der Waals surface area contributed by atoms with Gasteiger partial charge < -0.3 is 0 Å². The number of hydrogen-bond acceptors (Lipinski definition) is 5. The molecular weight excluding hydrogens is 345 g/mol.